The number of nitrogens with two attached hydrogens (primary N) is 1. The molecule has 0 heterocycles. The highest BCUT2D eigenvalue weighted by molar-refractivity contribution is 5.76. The van der Waals surface area contributed by atoms with Crippen LogP contribution in [-0.4, -0.2) is 18.2 Å². The van der Waals surface area contributed by atoms with Gasteiger partial charge in [-0.15, -0.1) is 0 Å². The van der Waals surface area contributed by atoms with E-state index in [-0.39, 0.29) is 11.3 Å². The van der Waals surface area contributed by atoms with Crippen LogP contribution in [-0.2, 0) is 10.7 Å². The molecule has 3 N–H and O–H groups in total. The van der Waals surface area contributed by atoms with Gasteiger partial charge in [-0.3, -0.25) is 4.79 Å². The SMILES string of the molecule is COc1cccc(C(N)C(=O)O)c1C(C)(F)F. The first-order valence-corrected chi connectivity index (χ1v) is 4.82. The first-order valence-electron chi connectivity index (χ1n) is 4.82. The Hall–Kier alpha value is -1.69. The molecule has 4 nitrogen and oxygen atoms in total. The Kier molecular flexibility index (Phi) is 3.67. The van der Waals surface area contributed by atoms with Gasteiger partial charge in [-0.05, 0) is 11.6 Å². The van der Waals surface area contributed by atoms with Gasteiger partial charge in [-0.2, -0.15) is 0 Å². The van der Waals surface area contributed by atoms with Crippen molar-refractivity contribution in [2.24, 2.45) is 5.73 Å². The lowest BCUT2D eigenvalue weighted by Gasteiger charge is -2.20. The molecule has 0 aliphatic heterocycles. The highest BCUT2D eigenvalue weighted by Crippen LogP contribution is 2.38. The number of benzene rings is 1. The third kappa shape index (κ3) is 2.71. The molecule has 0 fully saturated rings. The summed E-state index contributed by atoms with van der Waals surface area (Å²) in [6.07, 6.45) is 0. The zero-order chi connectivity index (χ0) is 13.2. The largest absolute Gasteiger partial charge is 0.496 e. The van der Waals surface area contributed by atoms with Crippen LogP contribution in [0.4, 0.5) is 8.78 Å². The molecular formula is C11H13F2NO3. The molecule has 94 valence electrons. The number of rotatable bonds is 4. The molecule has 0 saturated carbocycles. The van der Waals surface area contributed by atoms with Crippen LogP contribution in [0, 0.1) is 0 Å². The summed E-state index contributed by atoms with van der Waals surface area (Å²) < 4.78 is 31.7. The van der Waals surface area contributed by atoms with Crippen LogP contribution in [0.3, 0.4) is 0 Å². The summed E-state index contributed by atoms with van der Waals surface area (Å²) in [5, 5.41) is 8.78. The predicted molar refractivity (Wildman–Crippen MR) is 57.1 cm³/mol. The maximum Gasteiger partial charge on any atom is 0.325 e. The van der Waals surface area contributed by atoms with Gasteiger partial charge >= 0.3 is 5.97 Å². The Balaban J connectivity index is 3.45. The van der Waals surface area contributed by atoms with Gasteiger partial charge in [0.05, 0.1) is 12.7 Å². The third-order valence-corrected chi connectivity index (χ3v) is 2.32. The number of carbonyl (C=O) groups is 1. The van der Waals surface area contributed by atoms with Crippen molar-refractivity contribution in [2.45, 2.75) is 18.9 Å². The second-order valence-corrected chi connectivity index (χ2v) is 3.63. The van der Waals surface area contributed by atoms with Crippen LogP contribution in [0.5, 0.6) is 5.75 Å². The topological polar surface area (TPSA) is 72.5 Å². The van der Waals surface area contributed by atoms with Crippen LogP contribution in [0.15, 0.2) is 18.2 Å². The molecule has 17 heavy (non-hydrogen) atoms. The van der Waals surface area contributed by atoms with Crippen LogP contribution in [0.25, 0.3) is 0 Å². The molecule has 1 atom stereocenters. The van der Waals surface area contributed by atoms with Crippen LogP contribution >= 0.6 is 0 Å². The Bertz CT molecular complexity index is 429. The molecule has 0 bridgehead atoms. The Labute approximate surface area is 97.0 Å². The number of hydrogen-bond donors (Lipinski definition) is 2. The average Bonchev–Trinajstić information content (AvgIpc) is 2.25. The number of hydrogen-bond acceptors (Lipinski definition) is 3. The summed E-state index contributed by atoms with van der Waals surface area (Å²) in [6, 6.07) is 2.51. The van der Waals surface area contributed by atoms with Crippen molar-refractivity contribution in [1.29, 1.82) is 0 Å². The van der Waals surface area contributed by atoms with E-state index in [2.05, 4.69) is 0 Å². The summed E-state index contributed by atoms with van der Waals surface area (Å²) in [7, 11) is 1.24. The summed E-state index contributed by atoms with van der Waals surface area (Å²) in [5.41, 5.74) is 4.73. The van der Waals surface area contributed by atoms with Crippen LogP contribution in [0.1, 0.15) is 24.1 Å². The minimum Gasteiger partial charge on any atom is -0.496 e. The normalized spacial score (nSPS) is 13.2. The zero-order valence-corrected chi connectivity index (χ0v) is 9.41. The molecule has 0 aromatic heterocycles. The number of carboxylic acids is 1. The lowest BCUT2D eigenvalue weighted by molar-refractivity contribution is -0.138. The summed E-state index contributed by atoms with van der Waals surface area (Å²) >= 11 is 0. The number of ether oxygens (including phenoxy) is 1. The highest BCUT2D eigenvalue weighted by atomic mass is 19.3. The molecule has 1 aromatic rings. The Morgan fingerprint density at radius 1 is 1.53 bits per heavy atom. The van der Waals surface area contributed by atoms with E-state index in [1.54, 1.807) is 0 Å². The van der Waals surface area contributed by atoms with E-state index in [1.165, 1.54) is 25.3 Å². The van der Waals surface area contributed by atoms with Crippen molar-refractivity contribution < 1.29 is 23.4 Å². The molecule has 6 heteroatoms. The molecule has 0 aliphatic carbocycles. The molecule has 1 rings (SSSR count). The van der Waals surface area contributed by atoms with Crippen molar-refractivity contribution >= 4 is 5.97 Å². The van der Waals surface area contributed by atoms with Crippen LogP contribution in [0.2, 0.25) is 0 Å². The van der Waals surface area contributed by atoms with E-state index in [0.29, 0.717) is 6.92 Å². The smallest absolute Gasteiger partial charge is 0.325 e. The molecule has 0 saturated heterocycles. The number of alkyl halides is 2. The van der Waals surface area contributed by atoms with Gasteiger partial charge in [0.1, 0.15) is 11.8 Å². The average molecular weight is 245 g/mol. The lowest BCUT2D eigenvalue weighted by Crippen LogP contribution is -2.25. The standard InChI is InChI=1S/C11H13F2NO3/c1-11(12,13)8-6(9(14)10(15)16)4-3-5-7(8)17-2/h3-5,9H,14H2,1-2H3,(H,15,16). The minimum absolute atomic E-state index is 0.0771. The maximum atomic E-state index is 13.5. The van der Waals surface area contributed by atoms with Gasteiger partial charge in [-0.1, -0.05) is 12.1 Å². The molecular weight excluding hydrogens is 232 g/mol. The lowest BCUT2D eigenvalue weighted by atomic mass is 9.96. The summed E-state index contributed by atoms with van der Waals surface area (Å²) in [6.45, 7) is 0.670. The minimum atomic E-state index is -3.23. The molecule has 1 aromatic carbocycles. The second kappa shape index (κ2) is 4.67. The first kappa shape index (κ1) is 13.4. The Morgan fingerprint density at radius 2 is 2.12 bits per heavy atom. The third-order valence-electron chi connectivity index (χ3n) is 2.32. The van der Waals surface area contributed by atoms with Gasteiger partial charge < -0.3 is 15.6 Å². The first-order chi connectivity index (χ1) is 7.79. The van der Waals surface area contributed by atoms with Crippen LogP contribution < -0.4 is 10.5 Å². The number of methoxy groups -OCH3 is 1. The van der Waals surface area contributed by atoms with Gasteiger partial charge in [0, 0.05) is 6.92 Å². The fourth-order valence-corrected chi connectivity index (χ4v) is 1.58. The molecule has 0 amide bonds. The zero-order valence-electron chi connectivity index (χ0n) is 9.41. The van der Waals surface area contributed by atoms with E-state index in [4.69, 9.17) is 15.6 Å². The number of carboxylic acid groups (broad SMARTS) is 1. The highest BCUT2D eigenvalue weighted by Gasteiger charge is 2.34. The molecule has 0 spiro atoms. The van der Waals surface area contributed by atoms with Crippen molar-refractivity contribution in [1.82, 2.24) is 0 Å². The fraction of sp³-hybridized carbons (Fsp3) is 0.364. The van der Waals surface area contributed by atoms with E-state index in [9.17, 15) is 13.6 Å². The summed E-state index contributed by atoms with van der Waals surface area (Å²) in [5.74, 6) is -4.68. The van der Waals surface area contributed by atoms with Crippen molar-refractivity contribution in [2.75, 3.05) is 7.11 Å². The second-order valence-electron chi connectivity index (χ2n) is 3.63. The molecule has 0 radical (unpaired) electrons. The quantitative estimate of drug-likeness (QED) is 0.849. The van der Waals surface area contributed by atoms with Gasteiger partial charge in [-0.25, -0.2) is 8.78 Å². The number of halogens is 2. The van der Waals surface area contributed by atoms with Gasteiger partial charge in [0.25, 0.3) is 5.92 Å². The van der Waals surface area contributed by atoms with E-state index >= 15 is 0 Å². The molecule has 0 aliphatic rings. The number of aliphatic carboxylic acids is 1. The predicted octanol–water partition coefficient (Wildman–Crippen LogP) is 1.89. The van der Waals surface area contributed by atoms with Crippen molar-refractivity contribution in [3.8, 4) is 5.75 Å². The van der Waals surface area contributed by atoms with E-state index in [0.717, 1.165) is 0 Å². The van der Waals surface area contributed by atoms with Crippen molar-refractivity contribution in [3.05, 3.63) is 29.3 Å². The van der Waals surface area contributed by atoms with E-state index in [1.807, 2.05) is 0 Å². The fourth-order valence-electron chi connectivity index (χ4n) is 1.58. The van der Waals surface area contributed by atoms with Crippen molar-refractivity contribution in [3.63, 3.8) is 0 Å². The van der Waals surface area contributed by atoms with E-state index < -0.39 is 23.5 Å². The monoisotopic (exact) mass is 245 g/mol. The maximum absolute atomic E-state index is 13.5. The Morgan fingerprint density at radius 3 is 2.53 bits per heavy atom. The molecule has 1 unspecified atom stereocenters. The summed E-state index contributed by atoms with van der Waals surface area (Å²) in [4.78, 5) is 10.8. The van der Waals surface area contributed by atoms with Gasteiger partial charge in [0.2, 0.25) is 0 Å². The van der Waals surface area contributed by atoms with Gasteiger partial charge in [0.15, 0.2) is 0 Å².